The van der Waals surface area contributed by atoms with Crippen LogP contribution in [0.1, 0.15) is 86.5 Å². The van der Waals surface area contributed by atoms with Gasteiger partial charge < -0.3 is 15.2 Å². The maximum atomic E-state index is 12.2. The van der Waals surface area contributed by atoms with Gasteiger partial charge in [0.1, 0.15) is 5.76 Å². The molecule has 0 aromatic carbocycles. The lowest BCUT2D eigenvalue weighted by atomic mass is 9.86. The number of fused-ring (bicyclic) bond motifs is 5. The molecule has 1 unspecified atom stereocenters. The quantitative estimate of drug-likeness (QED) is 0.301. The number of esters is 1. The van der Waals surface area contributed by atoms with Crippen molar-refractivity contribution in [2.75, 3.05) is 7.11 Å². The smallest absolute Gasteiger partial charge is 0.305 e. The van der Waals surface area contributed by atoms with Crippen LogP contribution in [0.25, 0.3) is 0 Å². The number of aliphatic imine (C=N–C) groups is 3. The van der Waals surface area contributed by atoms with Gasteiger partial charge >= 0.3 is 5.97 Å². The molecule has 1 aliphatic carbocycles. The molecule has 7 heteroatoms. The number of hydrogen-bond acceptors (Lipinski definition) is 7. The molecule has 5 aliphatic heterocycles. The van der Waals surface area contributed by atoms with Crippen molar-refractivity contribution in [1.29, 1.82) is 0 Å². The first-order valence-electron chi connectivity index (χ1n) is 15.7. The number of aliphatic hydroxyl groups excluding tert-OH is 1. The van der Waals surface area contributed by atoms with Gasteiger partial charge in [-0.15, -0.1) is 0 Å². The number of hydrogen-bond donors (Lipinski definition) is 2. The molecule has 0 saturated carbocycles. The van der Waals surface area contributed by atoms with Crippen molar-refractivity contribution in [2.45, 2.75) is 86.5 Å². The summed E-state index contributed by atoms with van der Waals surface area (Å²) < 4.78 is 5.00. The normalized spacial score (nSPS) is 24.4. The van der Waals surface area contributed by atoms with Crippen molar-refractivity contribution in [3.05, 3.63) is 91.5 Å². The molecule has 1 saturated heterocycles. The molecule has 0 aromatic heterocycles. The van der Waals surface area contributed by atoms with Crippen LogP contribution in [0.4, 0.5) is 0 Å². The van der Waals surface area contributed by atoms with Crippen LogP contribution in [0.15, 0.2) is 106 Å². The Balaban J connectivity index is 1.58. The average molecular weight is 579 g/mol. The molecule has 7 nitrogen and oxygen atoms in total. The summed E-state index contributed by atoms with van der Waals surface area (Å²) >= 11 is 0. The van der Waals surface area contributed by atoms with Crippen molar-refractivity contribution in [3.8, 4) is 0 Å². The first-order chi connectivity index (χ1) is 20.7. The minimum absolute atomic E-state index is 0.0494. The highest BCUT2D eigenvalue weighted by Crippen LogP contribution is 2.46. The summed E-state index contributed by atoms with van der Waals surface area (Å²) in [5.74, 6) is 0.294. The number of rotatable bonds is 7. The Bertz CT molecular complexity index is 1680. The highest BCUT2D eigenvalue weighted by atomic mass is 16.5. The third kappa shape index (κ3) is 4.83. The lowest BCUT2D eigenvalue weighted by molar-refractivity contribution is -0.140. The Hall–Kier alpha value is -4.00. The first-order valence-corrected chi connectivity index (χ1v) is 15.7. The topological polar surface area (TPSA) is 95.6 Å². The SMILES string of the molecule is CCCCC1=C(C)C2=NC1=CC1=NC(=CC3=C(C)C4=C(O)CC(=C5NC(=C2)C(C)[C@@H]5CCC(=O)OC)C4=N3)C(CC)=C1C. The van der Waals surface area contributed by atoms with E-state index in [0.29, 0.717) is 25.0 Å². The molecule has 0 aromatic rings. The fraction of sp³-hybridized carbons (Fsp3) is 0.444. The highest BCUT2D eigenvalue weighted by Gasteiger charge is 2.41. The lowest BCUT2D eigenvalue weighted by Crippen LogP contribution is -2.16. The van der Waals surface area contributed by atoms with Crippen LogP contribution in [-0.2, 0) is 9.53 Å². The van der Waals surface area contributed by atoms with Crippen LogP contribution in [0.2, 0.25) is 0 Å². The monoisotopic (exact) mass is 578 g/mol. The molecule has 224 valence electrons. The molecule has 6 rings (SSSR count). The summed E-state index contributed by atoms with van der Waals surface area (Å²) in [7, 11) is 1.44. The number of carbonyl (C=O) groups excluding carboxylic acids is 1. The molecule has 1 fully saturated rings. The Morgan fingerprint density at radius 1 is 1.00 bits per heavy atom. The lowest BCUT2D eigenvalue weighted by Gasteiger charge is -2.17. The second-order valence-electron chi connectivity index (χ2n) is 12.3. The fourth-order valence-electron chi connectivity index (χ4n) is 7.20. The number of nitrogens with zero attached hydrogens (tertiary/aromatic N) is 3. The Morgan fingerprint density at radius 3 is 2.40 bits per heavy atom. The zero-order valence-electron chi connectivity index (χ0n) is 26.4. The van der Waals surface area contributed by atoms with E-state index in [1.807, 2.05) is 6.92 Å². The first kappa shape index (κ1) is 29.1. The molecule has 8 bridgehead atoms. The van der Waals surface area contributed by atoms with Crippen LogP contribution in [0, 0.1) is 11.8 Å². The van der Waals surface area contributed by atoms with Crippen molar-refractivity contribution >= 4 is 23.1 Å². The van der Waals surface area contributed by atoms with Gasteiger partial charge in [-0.1, -0.05) is 27.2 Å². The molecule has 2 atom stereocenters. The Labute approximate surface area is 254 Å². The number of nitrogens with one attached hydrogen (secondary N) is 1. The average Bonchev–Trinajstić information content (AvgIpc) is 3.73. The summed E-state index contributed by atoms with van der Waals surface area (Å²) in [5.41, 5.74) is 15.3. The van der Waals surface area contributed by atoms with Crippen molar-refractivity contribution < 1.29 is 14.6 Å². The molecule has 5 heterocycles. The van der Waals surface area contributed by atoms with Gasteiger partial charge in [0.05, 0.1) is 41.3 Å². The number of methoxy groups -OCH3 is 1. The van der Waals surface area contributed by atoms with Crippen molar-refractivity contribution in [3.63, 3.8) is 0 Å². The maximum Gasteiger partial charge on any atom is 0.305 e. The molecule has 6 aliphatic rings. The van der Waals surface area contributed by atoms with Gasteiger partial charge in [-0.05, 0) is 92.5 Å². The Morgan fingerprint density at radius 2 is 1.70 bits per heavy atom. The molecule has 0 spiro atoms. The van der Waals surface area contributed by atoms with Gasteiger partial charge in [0.25, 0.3) is 0 Å². The molecule has 43 heavy (non-hydrogen) atoms. The zero-order chi connectivity index (χ0) is 30.6. The number of carbonyl (C=O) groups is 1. The molecule has 2 N–H and O–H groups in total. The van der Waals surface area contributed by atoms with Gasteiger partial charge in [-0.25, -0.2) is 15.0 Å². The minimum Gasteiger partial charge on any atom is -0.511 e. The van der Waals surface area contributed by atoms with Crippen LogP contribution in [0.5, 0.6) is 0 Å². The zero-order valence-corrected chi connectivity index (χ0v) is 26.4. The van der Waals surface area contributed by atoms with Gasteiger partial charge in [-0.3, -0.25) is 4.79 Å². The summed E-state index contributed by atoms with van der Waals surface area (Å²) in [6.45, 7) is 13.0. The van der Waals surface area contributed by atoms with E-state index in [0.717, 1.165) is 88.0 Å². The van der Waals surface area contributed by atoms with E-state index >= 15 is 0 Å². The fourth-order valence-corrected chi connectivity index (χ4v) is 7.20. The second kappa shape index (κ2) is 11.3. The van der Waals surface area contributed by atoms with Gasteiger partial charge in [-0.2, -0.15) is 0 Å². The van der Waals surface area contributed by atoms with Crippen molar-refractivity contribution in [2.24, 2.45) is 26.8 Å². The van der Waals surface area contributed by atoms with E-state index in [4.69, 9.17) is 19.7 Å². The molecular formula is C36H42N4O3. The largest absolute Gasteiger partial charge is 0.511 e. The molecular weight excluding hydrogens is 536 g/mol. The standard InChI is InChI=1S/C36H42N4O3/c1-8-10-11-23-19(4)26-15-28-20(5)24(12-13-33(42)43-7)35(39-28)25-14-32(41)34-21(6)29(40-36(25)34)17-30-22(9-2)18(3)27(37-30)16-31(23)38-26/h15-17,20,24,39,41H,8-14H2,1-7H3/t20?,24-/m0/s1. The summed E-state index contributed by atoms with van der Waals surface area (Å²) in [5, 5.41) is 15.0. The predicted octanol–water partition coefficient (Wildman–Crippen LogP) is 7.80. The number of ether oxygens (including phenoxy) is 1. The van der Waals surface area contributed by atoms with Crippen LogP contribution in [-0.4, -0.2) is 35.3 Å². The maximum absolute atomic E-state index is 12.2. The number of allylic oxidation sites excluding steroid dienone is 12. The molecule has 0 radical (unpaired) electrons. The third-order valence-electron chi connectivity index (χ3n) is 9.85. The van der Waals surface area contributed by atoms with Gasteiger partial charge in [0.15, 0.2) is 0 Å². The van der Waals surface area contributed by atoms with Crippen LogP contribution < -0.4 is 5.32 Å². The number of unbranched alkanes of at least 4 members (excludes halogenated alkanes) is 1. The summed E-state index contributed by atoms with van der Waals surface area (Å²) in [6.07, 6.45) is 11.9. The van der Waals surface area contributed by atoms with Crippen LogP contribution >= 0.6 is 0 Å². The van der Waals surface area contributed by atoms with Gasteiger partial charge in [0, 0.05) is 47.2 Å². The van der Waals surface area contributed by atoms with Crippen LogP contribution in [0.3, 0.4) is 0 Å². The summed E-state index contributed by atoms with van der Waals surface area (Å²) in [4.78, 5) is 27.7. The van der Waals surface area contributed by atoms with E-state index in [1.165, 1.54) is 29.4 Å². The van der Waals surface area contributed by atoms with E-state index in [9.17, 15) is 9.90 Å². The van der Waals surface area contributed by atoms with E-state index in [1.54, 1.807) is 0 Å². The minimum atomic E-state index is -0.217. The van der Waals surface area contributed by atoms with Gasteiger partial charge in [0.2, 0.25) is 0 Å². The second-order valence-corrected chi connectivity index (χ2v) is 12.3. The Kier molecular flexibility index (Phi) is 7.61. The van der Waals surface area contributed by atoms with Crippen molar-refractivity contribution in [1.82, 2.24) is 5.32 Å². The molecule has 0 amide bonds. The van der Waals surface area contributed by atoms with E-state index in [2.05, 4.69) is 58.2 Å². The third-order valence-corrected chi connectivity index (χ3v) is 9.85. The summed E-state index contributed by atoms with van der Waals surface area (Å²) in [6, 6.07) is 0. The number of aliphatic hydroxyl groups is 1. The van der Waals surface area contributed by atoms with E-state index in [-0.39, 0.29) is 17.8 Å². The highest BCUT2D eigenvalue weighted by molar-refractivity contribution is 6.21. The predicted molar refractivity (Wildman–Crippen MR) is 173 cm³/mol. The van der Waals surface area contributed by atoms with E-state index < -0.39 is 0 Å².